The van der Waals surface area contributed by atoms with Crippen molar-refractivity contribution in [1.82, 2.24) is 5.32 Å². The van der Waals surface area contributed by atoms with E-state index in [1.165, 1.54) is 18.2 Å². The molecule has 2 N–H and O–H groups in total. The summed E-state index contributed by atoms with van der Waals surface area (Å²) in [5.41, 5.74) is 3.53. The lowest BCUT2D eigenvalue weighted by molar-refractivity contribution is -0.385. The first-order chi connectivity index (χ1) is 18.3. The van der Waals surface area contributed by atoms with Crippen molar-refractivity contribution in [3.8, 4) is 5.75 Å². The lowest BCUT2D eigenvalue weighted by atomic mass is 9.71. The third-order valence-corrected chi connectivity index (χ3v) is 7.06. The predicted molar refractivity (Wildman–Crippen MR) is 140 cm³/mol. The summed E-state index contributed by atoms with van der Waals surface area (Å²) in [5.74, 6) is -2.17. The number of nitro groups is 1. The monoisotopic (exact) mass is 510 g/mol. The van der Waals surface area contributed by atoms with Crippen LogP contribution in [0.2, 0.25) is 0 Å². The summed E-state index contributed by atoms with van der Waals surface area (Å²) in [7, 11) is 0. The lowest BCUT2D eigenvalue weighted by Gasteiger charge is -2.36. The number of rotatable bonds is 6. The molecule has 0 bridgehead atoms. The average molecular weight is 511 g/mol. The van der Waals surface area contributed by atoms with Gasteiger partial charge in [-0.1, -0.05) is 66.7 Å². The molecule has 1 aliphatic heterocycles. The van der Waals surface area contributed by atoms with Crippen LogP contribution >= 0.6 is 0 Å². The van der Waals surface area contributed by atoms with Crippen molar-refractivity contribution in [3.05, 3.63) is 128 Å². The van der Waals surface area contributed by atoms with Gasteiger partial charge >= 0.3 is 11.7 Å². The number of nitrogens with one attached hydrogen (secondary N) is 1. The molecule has 192 valence electrons. The Morgan fingerprint density at radius 3 is 2.39 bits per heavy atom. The van der Waals surface area contributed by atoms with Crippen molar-refractivity contribution in [1.29, 1.82) is 0 Å². The number of hydrogen-bond acceptors (Lipinski definition) is 7. The Kier molecular flexibility index (Phi) is 6.79. The standard InChI is InChI=1S/C30H26N2O6/c1-18-27(30(35)38-17-19-8-4-2-5-9-19)28(21-12-13-25(33)24(15-21)32(36)37)29-23(31-18)14-22(16-26(29)34)20-10-6-3-7-11-20/h2-13,15,22,28,31,33H,14,16-17H2,1H3/t22-,28+/m0/s1. The molecule has 0 saturated carbocycles. The van der Waals surface area contributed by atoms with Gasteiger partial charge in [-0.25, -0.2) is 4.79 Å². The number of aromatic hydroxyl groups is 1. The first-order valence-corrected chi connectivity index (χ1v) is 12.3. The first-order valence-electron chi connectivity index (χ1n) is 12.3. The highest BCUT2D eigenvalue weighted by Crippen LogP contribution is 2.46. The molecule has 0 aromatic heterocycles. The molecule has 1 heterocycles. The molecule has 8 heteroatoms. The van der Waals surface area contributed by atoms with Crippen molar-refractivity contribution in [2.45, 2.75) is 38.2 Å². The SMILES string of the molecule is CC1=C(C(=O)OCc2ccccc2)[C@@H](c2ccc(O)c([N+](=O)[O-])c2)C2=C(C[C@H](c3ccccc3)CC2=O)N1. The van der Waals surface area contributed by atoms with Crippen molar-refractivity contribution >= 4 is 17.4 Å². The molecule has 0 spiro atoms. The molecule has 8 nitrogen and oxygen atoms in total. The summed E-state index contributed by atoms with van der Waals surface area (Å²) in [6, 6.07) is 22.9. The van der Waals surface area contributed by atoms with Crippen LogP contribution < -0.4 is 5.32 Å². The number of Topliss-reactive ketones (excluding diaryl/α,β-unsaturated/α-hetero) is 1. The second-order valence-corrected chi connectivity index (χ2v) is 9.49. The molecule has 0 saturated heterocycles. The molecule has 0 radical (unpaired) electrons. The van der Waals surface area contributed by atoms with Crippen LogP contribution in [0.5, 0.6) is 5.75 Å². The molecule has 3 aromatic rings. The summed E-state index contributed by atoms with van der Waals surface area (Å²) in [4.78, 5) is 38.1. The molecule has 2 atom stereocenters. The van der Waals surface area contributed by atoms with E-state index in [2.05, 4.69) is 5.32 Å². The molecule has 0 amide bonds. The molecular weight excluding hydrogens is 484 g/mol. The van der Waals surface area contributed by atoms with Crippen molar-refractivity contribution in [2.24, 2.45) is 0 Å². The highest BCUT2D eigenvalue weighted by molar-refractivity contribution is 6.04. The van der Waals surface area contributed by atoms with Crippen LogP contribution in [0.25, 0.3) is 0 Å². The minimum absolute atomic E-state index is 0.0365. The molecule has 38 heavy (non-hydrogen) atoms. The highest BCUT2D eigenvalue weighted by Gasteiger charge is 2.42. The van der Waals surface area contributed by atoms with E-state index in [1.807, 2.05) is 60.7 Å². The number of dihydropyridines is 1. The predicted octanol–water partition coefficient (Wildman–Crippen LogP) is 5.41. The van der Waals surface area contributed by atoms with Crippen LogP contribution in [0, 0.1) is 10.1 Å². The number of ether oxygens (including phenoxy) is 1. The smallest absolute Gasteiger partial charge is 0.337 e. The molecular formula is C30H26N2O6. The lowest BCUT2D eigenvalue weighted by Crippen LogP contribution is -2.36. The number of allylic oxidation sites excluding steroid dienone is 3. The van der Waals surface area contributed by atoms with Crippen LogP contribution in [0.3, 0.4) is 0 Å². The topological polar surface area (TPSA) is 119 Å². The van der Waals surface area contributed by atoms with Gasteiger partial charge in [-0.2, -0.15) is 0 Å². The second kappa shape index (κ2) is 10.3. The van der Waals surface area contributed by atoms with E-state index in [1.54, 1.807) is 6.92 Å². The molecule has 5 rings (SSSR count). The Hall–Kier alpha value is -4.72. The number of ketones is 1. The highest BCUT2D eigenvalue weighted by atomic mass is 16.6. The maximum atomic E-state index is 13.7. The fourth-order valence-corrected chi connectivity index (χ4v) is 5.27. The van der Waals surface area contributed by atoms with Gasteiger partial charge in [0.15, 0.2) is 11.5 Å². The van der Waals surface area contributed by atoms with Crippen LogP contribution in [0.15, 0.2) is 101 Å². The van der Waals surface area contributed by atoms with Gasteiger partial charge in [-0.3, -0.25) is 14.9 Å². The van der Waals surface area contributed by atoms with Gasteiger partial charge in [0.2, 0.25) is 0 Å². The molecule has 0 fully saturated rings. The van der Waals surface area contributed by atoms with Gasteiger partial charge in [-0.05, 0) is 42.0 Å². The van der Waals surface area contributed by atoms with E-state index < -0.39 is 28.2 Å². The van der Waals surface area contributed by atoms with Crippen molar-refractivity contribution < 1.29 is 24.4 Å². The average Bonchev–Trinajstić information content (AvgIpc) is 2.92. The second-order valence-electron chi connectivity index (χ2n) is 9.49. The number of carbonyl (C=O) groups excluding carboxylic acids is 2. The molecule has 3 aromatic carbocycles. The number of hydrogen-bond donors (Lipinski definition) is 2. The summed E-state index contributed by atoms with van der Waals surface area (Å²) in [5, 5.41) is 24.9. The zero-order valence-corrected chi connectivity index (χ0v) is 20.7. The Bertz CT molecular complexity index is 1480. The van der Waals surface area contributed by atoms with Crippen LogP contribution in [-0.2, 0) is 20.9 Å². The third kappa shape index (κ3) is 4.80. The van der Waals surface area contributed by atoms with Crippen molar-refractivity contribution in [3.63, 3.8) is 0 Å². The first kappa shape index (κ1) is 25.0. The number of benzene rings is 3. The number of nitro benzene ring substituents is 1. The fraction of sp³-hybridized carbons (Fsp3) is 0.200. The fourth-order valence-electron chi connectivity index (χ4n) is 5.27. The Morgan fingerprint density at radius 1 is 1.03 bits per heavy atom. The molecule has 2 aliphatic rings. The van der Waals surface area contributed by atoms with Crippen LogP contribution in [0.1, 0.15) is 48.3 Å². The zero-order chi connectivity index (χ0) is 26.8. The maximum Gasteiger partial charge on any atom is 0.337 e. The largest absolute Gasteiger partial charge is 0.502 e. The third-order valence-electron chi connectivity index (χ3n) is 7.06. The van der Waals surface area contributed by atoms with Gasteiger partial charge in [0.05, 0.1) is 10.5 Å². The summed E-state index contributed by atoms with van der Waals surface area (Å²) in [6.45, 7) is 1.77. The van der Waals surface area contributed by atoms with Gasteiger partial charge in [0, 0.05) is 35.4 Å². The summed E-state index contributed by atoms with van der Waals surface area (Å²) in [6.07, 6.45) is 0.790. The normalized spacial score (nSPS) is 19.0. The molecule has 0 unspecified atom stereocenters. The number of carbonyl (C=O) groups is 2. The van der Waals surface area contributed by atoms with Gasteiger partial charge in [-0.15, -0.1) is 0 Å². The van der Waals surface area contributed by atoms with Gasteiger partial charge in [0.1, 0.15) is 6.61 Å². The summed E-state index contributed by atoms with van der Waals surface area (Å²) < 4.78 is 5.64. The van der Waals surface area contributed by atoms with Crippen molar-refractivity contribution in [2.75, 3.05) is 0 Å². The number of phenolic OH excluding ortho intramolecular Hbond substituents is 1. The minimum Gasteiger partial charge on any atom is -0.502 e. The Morgan fingerprint density at radius 2 is 1.71 bits per heavy atom. The van der Waals surface area contributed by atoms with Gasteiger partial charge in [0.25, 0.3) is 0 Å². The van der Waals surface area contributed by atoms with Gasteiger partial charge < -0.3 is 15.2 Å². The van der Waals surface area contributed by atoms with E-state index in [4.69, 9.17) is 4.74 Å². The van der Waals surface area contributed by atoms with Crippen LogP contribution in [0.4, 0.5) is 5.69 Å². The van der Waals surface area contributed by atoms with E-state index >= 15 is 0 Å². The maximum absolute atomic E-state index is 13.7. The summed E-state index contributed by atoms with van der Waals surface area (Å²) >= 11 is 0. The number of phenols is 1. The van der Waals surface area contributed by atoms with E-state index in [0.717, 1.165) is 11.1 Å². The van der Waals surface area contributed by atoms with E-state index in [-0.39, 0.29) is 30.3 Å². The quantitative estimate of drug-likeness (QED) is 0.259. The number of esters is 1. The van der Waals surface area contributed by atoms with Crippen LogP contribution in [-0.4, -0.2) is 21.8 Å². The Balaban J connectivity index is 1.57. The zero-order valence-electron chi connectivity index (χ0n) is 20.7. The molecule has 1 aliphatic carbocycles. The number of nitrogens with zero attached hydrogens (tertiary/aromatic N) is 1. The minimum atomic E-state index is -0.877. The Labute approximate surface area is 219 Å². The van der Waals surface area contributed by atoms with E-state index in [9.17, 15) is 24.8 Å². The van der Waals surface area contributed by atoms with E-state index in [0.29, 0.717) is 29.0 Å².